The van der Waals surface area contributed by atoms with Crippen LogP contribution >= 0.6 is 0 Å². The van der Waals surface area contributed by atoms with Crippen molar-refractivity contribution in [1.82, 2.24) is 18.8 Å². The first kappa shape index (κ1) is 20.7. The van der Waals surface area contributed by atoms with Crippen LogP contribution in [0.5, 0.6) is 0 Å². The third kappa shape index (κ3) is 3.91. The van der Waals surface area contributed by atoms with Crippen LogP contribution in [0.3, 0.4) is 0 Å². The third-order valence-corrected chi connectivity index (χ3v) is 8.04. The van der Waals surface area contributed by atoms with Crippen LogP contribution in [-0.2, 0) is 10.0 Å². The molecule has 1 saturated carbocycles. The monoisotopic (exact) mass is 406 g/mol. The Morgan fingerprint density at radius 1 is 1.32 bits per heavy atom. The predicted molar refractivity (Wildman–Crippen MR) is 111 cm³/mol. The second kappa shape index (κ2) is 8.57. The summed E-state index contributed by atoms with van der Waals surface area (Å²) >= 11 is 0. The number of nitrogens with one attached hydrogen (secondary N) is 1. The van der Waals surface area contributed by atoms with Gasteiger partial charge in [0.05, 0.1) is 17.5 Å². The molecule has 3 atom stereocenters. The summed E-state index contributed by atoms with van der Waals surface area (Å²) in [6.07, 6.45) is 6.23. The molecule has 28 heavy (non-hydrogen) atoms. The zero-order valence-corrected chi connectivity index (χ0v) is 17.7. The van der Waals surface area contributed by atoms with Crippen molar-refractivity contribution in [3.8, 4) is 0 Å². The standard InChI is InChI=1S/C19H30N6O2S/c1-5-15-10-14(13-28(26,27)24(6-2)7-3)11-17(15)25-16-8-9-21-19(16)22-12-18(25)23-20-4/h8-9,12,14-15,17,21H,4-7,10-11,13H2,1-3H3/b23-18-/t14-,15-,17?/m1/s1. The molecule has 1 aliphatic carbocycles. The van der Waals surface area contributed by atoms with E-state index in [4.69, 9.17) is 0 Å². The molecule has 1 fully saturated rings. The lowest BCUT2D eigenvalue weighted by Gasteiger charge is -2.23. The smallest absolute Gasteiger partial charge is 0.214 e. The van der Waals surface area contributed by atoms with Crippen molar-refractivity contribution in [2.24, 2.45) is 22.0 Å². The van der Waals surface area contributed by atoms with Gasteiger partial charge in [0, 0.05) is 32.0 Å². The van der Waals surface area contributed by atoms with Gasteiger partial charge in [0.1, 0.15) is 0 Å². The molecule has 2 aromatic heterocycles. The van der Waals surface area contributed by atoms with Crippen molar-refractivity contribution in [2.45, 2.75) is 46.1 Å². The Labute approximate surface area is 166 Å². The summed E-state index contributed by atoms with van der Waals surface area (Å²) < 4.78 is 29.3. The van der Waals surface area contributed by atoms with Crippen molar-refractivity contribution in [3.63, 3.8) is 0 Å². The van der Waals surface area contributed by atoms with E-state index in [1.807, 2.05) is 26.1 Å². The van der Waals surface area contributed by atoms with Gasteiger partial charge in [-0.1, -0.05) is 27.2 Å². The van der Waals surface area contributed by atoms with Crippen molar-refractivity contribution >= 4 is 27.9 Å². The number of aromatic nitrogens is 3. The highest BCUT2D eigenvalue weighted by Gasteiger charge is 2.38. The molecule has 0 aromatic carbocycles. The first-order chi connectivity index (χ1) is 13.4. The molecular weight excluding hydrogens is 376 g/mol. The molecule has 154 valence electrons. The van der Waals surface area contributed by atoms with Crippen LogP contribution in [0.25, 0.3) is 11.2 Å². The number of nitrogens with zero attached hydrogens (tertiary/aromatic N) is 5. The Balaban J connectivity index is 1.97. The molecular formula is C19H30N6O2S. The van der Waals surface area contributed by atoms with E-state index in [0.717, 1.165) is 30.4 Å². The normalized spacial score (nSPS) is 23.7. The maximum absolute atomic E-state index is 12.8. The van der Waals surface area contributed by atoms with Crippen LogP contribution in [0.2, 0.25) is 0 Å². The average molecular weight is 407 g/mol. The van der Waals surface area contributed by atoms with Crippen LogP contribution in [-0.4, -0.2) is 52.8 Å². The molecule has 1 aliphatic rings. The SMILES string of the molecule is C=N/N=c1/cnc2[nH]ccc2n1C1C[C@H](CS(=O)(=O)N(CC)CC)C[C@H]1CC. The Hall–Kier alpha value is -2.00. The minimum atomic E-state index is -3.24. The highest BCUT2D eigenvalue weighted by molar-refractivity contribution is 7.89. The number of hydrogen-bond acceptors (Lipinski definition) is 5. The Bertz CT molecular complexity index is 989. The van der Waals surface area contributed by atoms with E-state index >= 15 is 0 Å². The molecule has 8 nitrogen and oxygen atoms in total. The number of aromatic amines is 1. The summed E-state index contributed by atoms with van der Waals surface area (Å²) in [6, 6.07) is 2.14. The van der Waals surface area contributed by atoms with Crippen molar-refractivity contribution in [1.29, 1.82) is 0 Å². The van der Waals surface area contributed by atoms with Gasteiger partial charge in [0.25, 0.3) is 0 Å². The van der Waals surface area contributed by atoms with E-state index < -0.39 is 10.0 Å². The number of sulfonamides is 1. The van der Waals surface area contributed by atoms with Crippen LogP contribution in [0, 0.1) is 11.8 Å². The van der Waals surface area contributed by atoms with Crippen LogP contribution in [0.15, 0.2) is 28.7 Å². The Kier molecular flexibility index (Phi) is 6.34. The van der Waals surface area contributed by atoms with E-state index in [1.54, 1.807) is 10.5 Å². The Morgan fingerprint density at radius 3 is 2.71 bits per heavy atom. The number of fused-ring (bicyclic) bond motifs is 1. The maximum atomic E-state index is 12.8. The molecule has 0 aliphatic heterocycles. The van der Waals surface area contributed by atoms with Gasteiger partial charge in [-0.15, -0.1) is 5.10 Å². The number of rotatable bonds is 8. The second-order valence-corrected chi connectivity index (χ2v) is 9.39. The van der Waals surface area contributed by atoms with Gasteiger partial charge >= 0.3 is 0 Å². The van der Waals surface area contributed by atoms with Crippen molar-refractivity contribution in [2.75, 3.05) is 18.8 Å². The van der Waals surface area contributed by atoms with E-state index in [-0.39, 0.29) is 17.7 Å². The zero-order valence-electron chi connectivity index (χ0n) is 16.9. The van der Waals surface area contributed by atoms with Crippen molar-refractivity contribution < 1.29 is 8.42 Å². The fourth-order valence-corrected chi connectivity index (χ4v) is 6.45. The minimum Gasteiger partial charge on any atom is -0.345 e. The lowest BCUT2D eigenvalue weighted by atomic mass is 10.00. The van der Waals surface area contributed by atoms with Crippen LogP contribution in [0.4, 0.5) is 0 Å². The topological polar surface area (TPSA) is 95.7 Å². The molecule has 3 rings (SSSR count). The molecule has 0 spiro atoms. The lowest BCUT2D eigenvalue weighted by Crippen LogP contribution is -2.34. The molecule has 0 saturated heterocycles. The zero-order chi connectivity index (χ0) is 20.3. The Morgan fingerprint density at radius 2 is 2.07 bits per heavy atom. The summed E-state index contributed by atoms with van der Waals surface area (Å²) in [5.74, 6) is 0.705. The van der Waals surface area contributed by atoms with Gasteiger partial charge in [0.15, 0.2) is 11.1 Å². The number of H-pyrrole nitrogens is 1. The van der Waals surface area contributed by atoms with Gasteiger partial charge in [-0.2, -0.15) is 5.10 Å². The van der Waals surface area contributed by atoms with E-state index in [1.165, 1.54) is 0 Å². The number of hydrogen-bond donors (Lipinski definition) is 1. The maximum Gasteiger partial charge on any atom is 0.214 e. The average Bonchev–Trinajstić information content (AvgIpc) is 3.28. The molecule has 1 N–H and O–H groups in total. The van der Waals surface area contributed by atoms with Crippen molar-refractivity contribution in [3.05, 3.63) is 23.9 Å². The summed E-state index contributed by atoms with van der Waals surface area (Å²) in [7, 11) is -3.24. The van der Waals surface area contributed by atoms with Gasteiger partial charge in [0.2, 0.25) is 10.0 Å². The minimum absolute atomic E-state index is 0.125. The molecule has 2 aromatic rings. The first-order valence-electron chi connectivity index (χ1n) is 9.97. The summed E-state index contributed by atoms with van der Waals surface area (Å²) in [5.41, 5.74) is 2.40. The first-order valence-corrected chi connectivity index (χ1v) is 11.6. The molecule has 0 amide bonds. The largest absolute Gasteiger partial charge is 0.345 e. The van der Waals surface area contributed by atoms with E-state index in [0.29, 0.717) is 24.5 Å². The van der Waals surface area contributed by atoms with E-state index in [2.05, 4.69) is 38.4 Å². The molecule has 2 heterocycles. The predicted octanol–water partition coefficient (Wildman–Crippen LogP) is 2.53. The summed E-state index contributed by atoms with van der Waals surface area (Å²) in [6.45, 7) is 10.5. The van der Waals surface area contributed by atoms with Gasteiger partial charge in [-0.25, -0.2) is 17.7 Å². The molecule has 1 unspecified atom stereocenters. The summed E-state index contributed by atoms with van der Waals surface area (Å²) in [4.78, 5) is 7.55. The van der Waals surface area contributed by atoms with Gasteiger partial charge in [-0.3, -0.25) is 0 Å². The highest BCUT2D eigenvalue weighted by Crippen LogP contribution is 2.42. The van der Waals surface area contributed by atoms with Gasteiger partial charge < -0.3 is 9.55 Å². The van der Waals surface area contributed by atoms with E-state index in [9.17, 15) is 8.42 Å². The van der Waals surface area contributed by atoms with Crippen LogP contribution in [0.1, 0.15) is 46.1 Å². The third-order valence-electron chi connectivity index (χ3n) is 5.85. The molecule has 0 bridgehead atoms. The molecule has 9 heteroatoms. The summed E-state index contributed by atoms with van der Waals surface area (Å²) in [5, 5.41) is 7.88. The molecule has 0 radical (unpaired) electrons. The quantitative estimate of drug-likeness (QED) is 0.539. The second-order valence-electron chi connectivity index (χ2n) is 7.38. The van der Waals surface area contributed by atoms with Gasteiger partial charge in [-0.05, 0) is 30.7 Å². The lowest BCUT2D eigenvalue weighted by molar-refractivity contribution is 0.367. The highest BCUT2D eigenvalue weighted by atomic mass is 32.2. The van der Waals surface area contributed by atoms with Crippen LogP contribution < -0.4 is 5.49 Å². The fourth-order valence-electron chi connectivity index (χ4n) is 4.58. The fraction of sp³-hybridized carbons (Fsp3) is 0.632.